The van der Waals surface area contributed by atoms with Crippen molar-refractivity contribution in [2.75, 3.05) is 36.5 Å². The Morgan fingerprint density at radius 3 is 2.95 bits per heavy atom. The van der Waals surface area contributed by atoms with Crippen LogP contribution >= 0.6 is 0 Å². The van der Waals surface area contributed by atoms with Crippen molar-refractivity contribution >= 4 is 23.4 Å². The molecule has 2 saturated heterocycles. The minimum absolute atomic E-state index is 0.00888. The fourth-order valence-corrected chi connectivity index (χ4v) is 2.78. The van der Waals surface area contributed by atoms with Gasteiger partial charge in [-0.3, -0.25) is 9.69 Å². The molecule has 0 bridgehead atoms. The molecule has 2 fully saturated rings. The summed E-state index contributed by atoms with van der Waals surface area (Å²) in [5.41, 5.74) is 1.45. The summed E-state index contributed by atoms with van der Waals surface area (Å²) >= 11 is 0. The first-order chi connectivity index (χ1) is 10.1. The number of benzene rings is 1. The van der Waals surface area contributed by atoms with E-state index in [1.165, 1.54) is 0 Å². The van der Waals surface area contributed by atoms with Gasteiger partial charge in [-0.15, -0.1) is 0 Å². The summed E-state index contributed by atoms with van der Waals surface area (Å²) in [6, 6.07) is 7.29. The highest BCUT2D eigenvalue weighted by atomic mass is 16.6. The summed E-state index contributed by atoms with van der Waals surface area (Å²) in [6.45, 7) is 4.60. The van der Waals surface area contributed by atoms with Crippen molar-refractivity contribution in [3.05, 3.63) is 24.3 Å². The van der Waals surface area contributed by atoms with Crippen LogP contribution in [-0.2, 0) is 9.53 Å². The van der Waals surface area contributed by atoms with Gasteiger partial charge in [0.05, 0.1) is 12.5 Å². The van der Waals surface area contributed by atoms with Gasteiger partial charge in [0.2, 0.25) is 5.91 Å². The average Bonchev–Trinajstić information content (AvgIpc) is 3.07. The van der Waals surface area contributed by atoms with Crippen molar-refractivity contribution in [3.63, 3.8) is 0 Å². The lowest BCUT2D eigenvalue weighted by atomic mass is 9.97. The fourth-order valence-electron chi connectivity index (χ4n) is 2.78. The highest BCUT2D eigenvalue weighted by Gasteiger charge is 2.29. The van der Waals surface area contributed by atoms with Crippen LogP contribution in [0.5, 0.6) is 0 Å². The van der Waals surface area contributed by atoms with Gasteiger partial charge in [0.25, 0.3) is 0 Å². The molecule has 0 radical (unpaired) electrons. The number of hydrogen-bond acceptors (Lipinski definition) is 4. The number of cyclic esters (lactones) is 1. The number of carbonyl (C=O) groups excluding carboxylic acids is 2. The van der Waals surface area contributed by atoms with E-state index in [4.69, 9.17) is 4.74 Å². The zero-order chi connectivity index (χ0) is 14.8. The van der Waals surface area contributed by atoms with Crippen molar-refractivity contribution in [2.24, 2.45) is 11.8 Å². The minimum atomic E-state index is -0.341. The van der Waals surface area contributed by atoms with Crippen LogP contribution in [0.3, 0.4) is 0 Å². The molecular weight excluding hydrogens is 270 g/mol. The van der Waals surface area contributed by atoms with Gasteiger partial charge < -0.3 is 15.4 Å². The first kappa shape index (κ1) is 13.9. The van der Waals surface area contributed by atoms with Crippen molar-refractivity contribution in [1.82, 2.24) is 5.32 Å². The van der Waals surface area contributed by atoms with Crippen molar-refractivity contribution in [2.45, 2.75) is 6.92 Å². The molecule has 21 heavy (non-hydrogen) atoms. The zero-order valence-electron chi connectivity index (χ0n) is 12.0. The van der Waals surface area contributed by atoms with Crippen molar-refractivity contribution in [3.8, 4) is 0 Å². The Hall–Kier alpha value is -2.08. The van der Waals surface area contributed by atoms with E-state index in [9.17, 15) is 9.59 Å². The standard InChI is InChI=1S/C15H19N3O3/c1-10-8-16-9-13(10)14(19)17-11-3-2-4-12(7-11)18-5-6-21-15(18)20/h2-4,7,10,13,16H,5-6,8-9H2,1H3,(H,17,19)/t10-,13-/m1/s1. The molecule has 2 N–H and O–H groups in total. The third-order valence-corrected chi connectivity index (χ3v) is 4.04. The molecule has 2 amide bonds. The van der Waals surface area contributed by atoms with Crippen LogP contribution < -0.4 is 15.5 Å². The predicted molar refractivity (Wildman–Crippen MR) is 79.3 cm³/mol. The van der Waals surface area contributed by atoms with Crippen LogP contribution in [0.15, 0.2) is 24.3 Å². The van der Waals surface area contributed by atoms with Crippen LogP contribution in [-0.4, -0.2) is 38.2 Å². The van der Waals surface area contributed by atoms with Gasteiger partial charge in [0, 0.05) is 17.9 Å². The highest BCUT2D eigenvalue weighted by Crippen LogP contribution is 2.24. The Kier molecular flexibility index (Phi) is 3.79. The van der Waals surface area contributed by atoms with Crippen LogP contribution in [0.2, 0.25) is 0 Å². The molecule has 0 unspecified atom stereocenters. The molecule has 0 aliphatic carbocycles. The largest absolute Gasteiger partial charge is 0.447 e. The molecule has 6 heteroatoms. The Morgan fingerprint density at radius 2 is 2.29 bits per heavy atom. The second-order valence-corrected chi connectivity index (χ2v) is 5.55. The third-order valence-electron chi connectivity index (χ3n) is 4.04. The van der Waals surface area contributed by atoms with Crippen LogP contribution in [0.1, 0.15) is 6.92 Å². The smallest absolute Gasteiger partial charge is 0.414 e. The summed E-state index contributed by atoms with van der Waals surface area (Å²) in [7, 11) is 0. The van der Waals surface area contributed by atoms with Crippen LogP contribution in [0.4, 0.5) is 16.2 Å². The zero-order valence-corrected chi connectivity index (χ0v) is 12.0. The average molecular weight is 289 g/mol. The van der Waals surface area contributed by atoms with Gasteiger partial charge in [-0.1, -0.05) is 13.0 Å². The maximum absolute atomic E-state index is 12.3. The van der Waals surface area contributed by atoms with Gasteiger partial charge in [-0.2, -0.15) is 0 Å². The summed E-state index contributed by atoms with van der Waals surface area (Å²) < 4.78 is 4.93. The van der Waals surface area contributed by atoms with Gasteiger partial charge in [-0.25, -0.2) is 4.79 Å². The Labute approximate surface area is 123 Å². The Balaban J connectivity index is 1.71. The van der Waals surface area contributed by atoms with E-state index in [0.717, 1.165) is 12.2 Å². The molecule has 1 aromatic rings. The van der Waals surface area contributed by atoms with Crippen LogP contribution in [0.25, 0.3) is 0 Å². The Bertz CT molecular complexity index is 561. The second kappa shape index (κ2) is 5.73. The number of nitrogens with one attached hydrogen (secondary N) is 2. The van der Waals surface area contributed by atoms with E-state index in [2.05, 4.69) is 17.6 Å². The molecule has 1 aromatic carbocycles. The number of ether oxygens (including phenoxy) is 1. The summed E-state index contributed by atoms with van der Waals surface area (Å²) in [6.07, 6.45) is -0.341. The lowest BCUT2D eigenvalue weighted by Gasteiger charge is -2.16. The molecule has 6 nitrogen and oxygen atoms in total. The number of carbonyl (C=O) groups is 2. The predicted octanol–water partition coefficient (Wildman–Crippen LogP) is 1.44. The topological polar surface area (TPSA) is 70.7 Å². The summed E-state index contributed by atoms with van der Waals surface area (Å²) in [5.74, 6) is 0.348. The van der Waals surface area contributed by atoms with Gasteiger partial charge in [0.15, 0.2) is 0 Å². The van der Waals surface area contributed by atoms with E-state index in [1.807, 2.05) is 18.2 Å². The molecule has 2 heterocycles. The van der Waals surface area contributed by atoms with E-state index < -0.39 is 0 Å². The summed E-state index contributed by atoms with van der Waals surface area (Å²) in [5, 5.41) is 6.16. The van der Waals surface area contributed by atoms with E-state index in [0.29, 0.717) is 31.3 Å². The first-order valence-corrected chi connectivity index (χ1v) is 7.21. The van der Waals surface area contributed by atoms with Crippen molar-refractivity contribution in [1.29, 1.82) is 0 Å². The Morgan fingerprint density at radius 1 is 1.43 bits per heavy atom. The normalized spacial score (nSPS) is 25.0. The number of hydrogen-bond donors (Lipinski definition) is 2. The monoisotopic (exact) mass is 289 g/mol. The van der Waals surface area contributed by atoms with E-state index >= 15 is 0 Å². The minimum Gasteiger partial charge on any atom is -0.447 e. The molecule has 2 aliphatic rings. The number of rotatable bonds is 3. The van der Waals surface area contributed by atoms with Gasteiger partial charge in [0.1, 0.15) is 6.61 Å². The lowest BCUT2D eigenvalue weighted by molar-refractivity contribution is -0.120. The molecule has 112 valence electrons. The highest BCUT2D eigenvalue weighted by molar-refractivity contribution is 5.95. The van der Waals surface area contributed by atoms with Gasteiger partial charge in [-0.05, 0) is 30.7 Å². The maximum Gasteiger partial charge on any atom is 0.414 e. The van der Waals surface area contributed by atoms with Crippen LogP contribution in [0, 0.1) is 11.8 Å². The fraction of sp³-hybridized carbons (Fsp3) is 0.467. The second-order valence-electron chi connectivity index (χ2n) is 5.55. The molecular formula is C15H19N3O3. The lowest BCUT2D eigenvalue weighted by Crippen LogP contribution is -2.28. The number of nitrogens with zero attached hydrogens (tertiary/aromatic N) is 1. The van der Waals surface area contributed by atoms with E-state index in [1.54, 1.807) is 11.0 Å². The third kappa shape index (κ3) is 2.85. The van der Waals surface area contributed by atoms with E-state index in [-0.39, 0.29) is 17.9 Å². The SMILES string of the molecule is C[C@@H]1CNC[C@H]1C(=O)Nc1cccc(N2CCOC2=O)c1. The molecule has 0 spiro atoms. The molecule has 3 rings (SSSR count). The summed E-state index contributed by atoms with van der Waals surface area (Å²) in [4.78, 5) is 25.4. The first-order valence-electron chi connectivity index (χ1n) is 7.21. The molecule has 2 atom stereocenters. The quantitative estimate of drug-likeness (QED) is 0.883. The van der Waals surface area contributed by atoms with Gasteiger partial charge >= 0.3 is 6.09 Å². The molecule has 0 aromatic heterocycles. The molecule has 2 aliphatic heterocycles. The molecule has 0 saturated carbocycles. The maximum atomic E-state index is 12.3. The van der Waals surface area contributed by atoms with Crippen molar-refractivity contribution < 1.29 is 14.3 Å². The number of anilines is 2. The number of amides is 2.